The molecule has 0 aromatic carbocycles. The number of anilines is 1. The Hall–Kier alpha value is -2.11. The van der Waals surface area contributed by atoms with Gasteiger partial charge in [-0.3, -0.25) is 9.59 Å². The average molecular weight is 305 g/mol. The van der Waals surface area contributed by atoms with Crippen LogP contribution in [0.1, 0.15) is 49.9 Å². The summed E-state index contributed by atoms with van der Waals surface area (Å²) >= 11 is 0. The fourth-order valence-corrected chi connectivity index (χ4v) is 2.72. The summed E-state index contributed by atoms with van der Waals surface area (Å²) < 4.78 is 0. The minimum absolute atomic E-state index is 0.0372. The Balaban J connectivity index is 1.97. The molecule has 1 aromatic heterocycles. The number of aromatic nitrogens is 1. The molecule has 3 N–H and O–H groups in total. The smallest absolute Gasteiger partial charge is 0.306 e. The van der Waals surface area contributed by atoms with Gasteiger partial charge in [-0.1, -0.05) is 0 Å². The molecule has 1 heterocycles. The van der Waals surface area contributed by atoms with E-state index in [2.05, 4.69) is 15.6 Å². The van der Waals surface area contributed by atoms with Crippen molar-refractivity contribution in [2.75, 3.05) is 5.32 Å². The van der Waals surface area contributed by atoms with E-state index in [4.69, 9.17) is 5.11 Å². The topological polar surface area (TPSA) is 91.3 Å². The summed E-state index contributed by atoms with van der Waals surface area (Å²) in [5.41, 5.74) is 0.525. The molecule has 0 bridgehead atoms. The van der Waals surface area contributed by atoms with Crippen LogP contribution < -0.4 is 10.6 Å². The largest absolute Gasteiger partial charge is 0.481 e. The highest BCUT2D eigenvalue weighted by atomic mass is 16.4. The van der Waals surface area contributed by atoms with Gasteiger partial charge in [-0.15, -0.1) is 0 Å². The van der Waals surface area contributed by atoms with Crippen molar-refractivity contribution in [2.24, 2.45) is 5.92 Å². The number of carbonyl (C=O) groups excluding carboxylic acids is 1. The summed E-state index contributed by atoms with van der Waals surface area (Å²) in [5.74, 6) is -0.589. The second-order valence-corrected chi connectivity index (χ2v) is 6.06. The van der Waals surface area contributed by atoms with Crippen LogP contribution in [0.2, 0.25) is 0 Å². The summed E-state index contributed by atoms with van der Waals surface area (Å²) in [6.45, 7) is 3.98. The summed E-state index contributed by atoms with van der Waals surface area (Å²) in [7, 11) is 0. The van der Waals surface area contributed by atoms with Crippen molar-refractivity contribution in [1.29, 1.82) is 0 Å². The third kappa shape index (κ3) is 4.19. The van der Waals surface area contributed by atoms with E-state index in [-0.39, 0.29) is 23.9 Å². The lowest BCUT2D eigenvalue weighted by atomic mass is 9.86. The van der Waals surface area contributed by atoms with Gasteiger partial charge < -0.3 is 15.7 Å². The first-order chi connectivity index (χ1) is 10.5. The molecule has 1 amide bonds. The summed E-state index contributed by atoms with van der Waals surface area (Å²) in [4.78, 5) is 27.6. The molecule has 0 saturated heterocycles. The fourth-order valence-electron chi connectivity index (χ4n) is 2.72. The maximum absolute atomic E-state index is 12.4. The lowest BCUT2D eigenvalue weighted by Crippen LogP contribution is -2.39. The number of carboxylic acid groups (broad SMARTS) is 1. The Bertz CT molecular complexity index is 537. The molecule has 0 spiro atoms. The predicted octanol–water partition coefficient (Wildman–Crippen LogP) is 2.28. The van der Waals surface area contributed by atoms with Crippen LogP contribution in [0.3, 0.4) is 0 Å². The Labute approximate surface area is 130 Å². The molecule has 0 atom stereocenters. The average Bonchev–Trinajstić information content (AvgIpc) is 2.47. The van der Waals surface area contributed by atoms with Crippen LogP contribution in [-0.2, 0) is 4.79 Å². The van der Waals surface area contributed by atoms with Crippen molar-refractivity contribution in [2.45, 2.75) is 51.6 Å². The number of hydrogen-bond donors (Lipinski definition) is 3. The van der Waals surface area contributed by atoms with Crippen molar-refractivity contribution >= 4 is 17.7 Å². The van der Waals surface area contributed by atoms with E-state index in [1.54, 1.807) is 18.3 Å². The number of aliphatic carboxylic acids is 1. The lowest BCUT2D eigenvalue weighted by molar-refractivity contribution is -0.142. The van der Waals surface area contributed by atoms with Crippen LogP contribution in [0.4, 0.5) is 5.82 Å². The molecule has 6 nitrogen and oxygen atoms in total. The zero-order valence-electron chi connectivity index (χ0n) is 13.0. The van der Waals surface area contributed by atoms with Crippen LogP contribution >= 0.6 is 0 Å². The molecule has 6 heteroatoms. The quantitative estimate of drug-likeness (QED) is 0.776. The van der Waals surface area contributed by atoms with Gasteiger partial charge in [0.05, 0.1) is 11.5 Å². The molecule has 0 unspecified atom stereocenters. The standard InChI is InChI=1S/C16H23N3O3/c1-10(2)18-14-13(4-3-9-17-14)15(20)19-12-7-5-11(6-8-12)16(21)22/h3-4,9-12H,5-8H2,1-2H3,(H,17,18)(H,19,20)(H,21,22). The molecular weight excluding hydrogens is 282 g/mol. The number of rotatable bonds is 5. The SMILES string of the molecule is CC(C)Nc1ncccc1C(=O)NC1CCC(C(=O)O)CC1. The van der Waals surface area contributed by atoms with Gasteiger partial charge in [0, 0.05) is 18.3 Å². The molecule has 1 aliphatic carbocycles. The summed E-state index contributed by atoms with van der Waals surface area (Å²) in [5, 5.41) is 15.2. The first-order valence-electron chi connectivity index (χ1n) is 7.72. The van der Waals surface area contributed by atoms with Crippen molar-refractivity contribution in [3.05, 3.63) is 23.9 Å². The Kier molecular flexibility index (Phi) is 5.35. The monoisotopic (exact) mass is 305 g/mol. The zero-order valence-corrected chi connectivity index (χ0v) is 13.0. The minimum atomic E-state index is -0.736. The van der Waals surface area contributed by atoms with E-state index in [1.807, 2.05) is 13.8 Å². The van der Waals surface area contributed by atoms with Crippen molar-refractivity contribution in [1.82, 2.24) is 10.3 Å². The highest BCUT2D eigenvalue weighted by Gasteiger charge is 2.27. The zero-order chi connectivity index (χ0) is 16.1. The number of carbonyl (C=O) groups is 2. The van der Waals surface area contributed by atoms with E-state index >= 15 is 0 Å². The lowest BCUT2D eigenvalue weighted by Gasteiger charge is -2.27. The number of pyridine rings is 1. The molecule has 1 saturated carbocycles. The van der Waals surface area contributed by atoms with Gasteiger partial charge >= 0.3 is 5.97 Å². The second kappa shape index (κ2) is 7.24. The van der Waals surface area contributed by atoms with E-state index in [1.165, 1.54) is 0 Å². The predicted molar refractivity (Wildman–Crippen MR) is 83.8 cm³/mol. The van der Waals surface area contributed by atoms with Gasteiger partial charge in [-0.2, -0.15) is 0 Å². The van der Waals surface area contributed by atoms with Crippen LogP contribution in [0.5, 0.6) is 0 Å². The van der Waals surface area contributed by atoms with Crippen LogP contribution in [0.25, 0.3) is 0 Å². The highest BCUT2D eigenvalue weighted by molar-refractivity contribution is 5.98. The third-order valence-electron chi connectivity index (χ3n) is 3.89. The van der Waals surface area contributed by atoms with Gasteiger partial charge in [0.2, 0.25) is 0 Å². The van der Waals surface area contributed by atoms with E-state index < -0.39 is 5.97 Å². The normalized spacial score (nSPS) is 21.4. The molecule has 22 heavy (non-hydrogen) atoms. The van der Waals surface area contributed by atoms with Gasteiger partial charge in [-0.25, -0.2) is 4.98 Å². The first-order valence-corrected chi connectivity index (χ1v) is 7.72. The van der Waals surface area contributed by atoms with Crippen LogP contribution in [0.15, 0.2) is 18.3 Å². The fraction of sp³-hybridized carbons (Fsp3) is 0.562. The van der Waals surface area contributed by atoms with E-state index in [0.29, 0.717) is 37.1 Å². The molecule has 0 aliphatic heterocycles. The van der Waals surface area contributed by atoms with Gasteiger partial charge in [0.1, 0.15) is 5.82 Å². The number of nitrogens with zero attached hydrogens (tertiary/aromatic N) is 1. The Morgan fingerprint density at radius 1 is 1.27 bits per heavy atom. The van der Waals surface area contributed by atoms with Gasteiger partial charge in [0.15, 0.2) is 0 Å². The maximum atomic E-state index is 12.4. The van der Waals surface area contributed by atoms with Crippen molar-refractivity contribution < 1.29 is 14.7 Å². The number of carboxylic acids is 1. The summed E-state index contributed by atoms with van der Waals surface area (Å²) in [6.07, 6.45) is 4.29. The van der Waals surface area contributed by atoms with Crippen LogP contribution in [-0.4, -0.2) is 34.1 Å². The first kappa shape index (κ1) is 16.3. The van der Waals surface area contributed by atoms with Gasteiger partial charge in [0.25, 0.3) is 5.91 Å². The molecule has 1 aromatic rings. The number of amides is 1. The minimum Gasteiger partial charge on any atom is -0.481 e. The third-order valence-corrected chi connectivity index (χ3v) is 3.89. The Morgan fingerprint density at radius 3 is 2.55 bits per heavy atom. The molecule has 1 fully saturated rings. The molecule has 2 rings (SSSR count). The maximum Gasteiger partial charge on any atom is 0.306 e. The van der Waals surface area contributed by atoms with Crippen molar-refractivity contribution in [3.8, 4) is 0 Å². The molecule has 120 valence electrons. The van der Waals surface area contributed by atoms with Gasteiger partial charge in [-0.05, 0) is 51.7 Å². The highest BCUT2D eigenvalue weighted by Crippen LogP contribution is 2.25. The molecule has 1 aliphatic rings. The second-order valence-electron chi connectivity index (χ2n) is 6.06. The number of hydrogen-bond acceptors (Lipinski definition) is 4. The molecular formula is C16H23N3O3. The van der Waals surface area contributed by atoms with E-state index in [9.17, 15) is 9.59 Å². The van der Waals surface area contributed by atoms with Crippen molar-refractivity contribution in [3.63, 3.8) is 0 Å². The molecule has 0 radical (unpaired) electrons. The summed E-state index contributed by atoms with van der Waals surface area (Å²) in [6, 6.07) is 3.71. The Morgan fingerprint density at radius 2 is 1.95 bits per heavy atom. The van der Waals surface area contributed by atoms with Crippen LogP contribution in [0, 0.1) is 5.92 Å². The van der Waals surface area contributed by atoms with E-state index in [0.717, 1.165) is 0 Å². The number of nitrogens with one attached hydrogen (secondary N) is 2.